The van der Waals surface area contributed by atoms with Crippen LogP contribution in [-0.4, -0.2) is 23.9 Å². The molecule has 0 saturated carbocycles. The van der Waals surface area contributed by atoms with Crippen LogP contribution >= 0.6 is 0 Å². The summed E-state index contributed by atoms with van der Waals surface area (Å²) < 4.78 is 5.02. The van der Waals surface area contributed by atoms with E-state index in [9.17, 15) is 5.11 Å². The van der Waals surface area contributed by atoms with Gasteiger partial charge in [0.15, 0.2) is 0 Å². The molecule has 0 radical (unpaired) electrons. The molecule has 0 heterocycles. The summed E-state index contributed by atoms with van der Waals surface area (Å²) in [5, 5.41) is 18.0. The van der Waals surface area contributed by atoms with Crippen molar-refractivity contribution in [1.29, 1.82) is 0 Å². The van der Waals surface area contributed by atoms with E-state index in [2.05, 4.69) is 0 Å². The molecule has 0 atom stereocenters. The third-order valence-electron chi connectivity index (χ3n) is 1.83. The van der Waals surface area contributed by atoms with Crippen LogP contribution in [0.1, 0.15) is 12.0 Å². The van der Waals surface area contributed by atoms with Crippen molar-refractivity contribution in [3.63, 3.8) is 0 Å². The first-order valence-corrected chi connectivity index (χ1v) is 4.42. The predicted molar refractivity (Wildman–Crippen MR) is 55.4 cm³/mol. The second kappa shape index (κ2) is 5.29. The lowest BCUT2D eigenvalue weighted by Crippen LogP contribution is -1.83. The van der Waals surface area contributed by atoms with Crippen LogP contribution in [0.4, 0.5) is 0 Å². The fourth-order valence-electron chi connectivity index (χ4n) is 1.08. The van der Waals surface area contributed by atoms with Gasteiger partial charge in [-0.3, -0.25) is 0 Å². The number of phenolic OH excluding ortho intramolecular Hbond substituents is 1. The first-order chi connectivity index (χ1) is 6.77. The highest BCUT2D eigenvalue weighted by molar-refractivity contribution is 5.59. The molecule has 0 amide bonds. The standard InChI is InChI=1S/C11H14O3/c1-14-10-5-6-11(13)9(8-10)4-2-3-7-12/h2,4-6,8,12-13H,3,7H2,1H3. The summed E-state index contributed by atoms with van der Waals surface area (Å²) in [5.74, 6) is 0.909. The monoisotopic (exact) mass is 194 g/mol. The molecule has 14 heavy (non-hydrogen) atoms. The van der Waals surface area contributed by atoms with E-state index in [1.54, 1.807) is 37.5 Å². The normalized spacial score (nSPS) is 10.7. The summed E-state index contributed by atoms with van der Waals surface area (Å²) in [6, 6.07) is 5.01. The minimum absolute atomic E-state index is 0.112. The highest BCUT2D eigenvalue weighted by atomic mass is 16.5. The SMILES string of the molecule is COc1ccc(O)c(C=CCCO)c1. The summed E-state index contributed by atoms with van der Waals surface area (Å²) in [5.41, 5.74) is 0.692. The second-order valence-corrected chi connectivity index (χ2v) is 2.84. The van der Waals surface area contributed by atoms with Crippen molar-refractivity contribution >= 4 is 6.08 Å². The number of hydrogen-bond donors (Lipinski definition) is 2. The van der Waals surface area contributed by atoms with Crippen molar-refractivity contribution in [3.8, 4) is 11.5 Å². The van der Waals surface area contributed by atoms with Crippen molar-refractivity contribution in [2.45, 2.75) is 6.42 Å². The quantitative estimate of drug-likeness (QED) is 0.768. The van der Waals surface area contributed by atoms with Gasteiger partial charge in [0.2, 0.25) is 0 Å². The molecule has 0 bridgehead atoms. The van der Waals surface area contributed by atoms with Crippen LogP contribution in [0, 0.1) is 0 Å². The molecule has 2 N–H and O–H groups in total. The van der Waals surface area contributed by atoms with Gasteiger partial charge in [-0.15, -0.1) is 0 Å². The molecule has 76 valence electrons. The number of aliphatic hydroxyl groups is 1. The van der Waals surface area contributed by atoms with Crippen LogP contribution in [0.15, 0.2) is 24.3 Å². The molecule has 0 aromatic heterocycles. The van der Waals surface area contributed by atoms with E-state index >= 15 is 0 Å². The van der Waals surface area contributed by atoms with Crippen LogP contribution < -0.4 is 4.74 Å². The van der Waals surface area contributed by atoms with Crippen LogP contribution in [0.25, 0.3) is 6.08 Å². The lowest BCUT2D eigenvalue weighted by Gasteiger charge is -2.02. The smallest absolute Gasteiger partial charge is 0.123 e. The fourth-order valence-corrected chi connectivity index (χ4v) is 1.08. The Hall–Kier alpha value is -1.48. The number of benzene rings is 1. The van der Waals surface area contributed by atoms with Gasteiger partial charge in [0.05, 0.1) is 7.11 Å². The molecule has 0 unspecified atom stereocenters. The highest BCUT2D eigenvalue weighted by Gasteiger charge is 1.98. The molecule has 0 spiro atoms. The molecule has 3 nitrogen and oxygen atoms in total. The molecular weight excluding hydrogens is 180 g/mol. The van der Waals surface area contributed by atoms with Gasteiger partial charge in [0.25, 0.3) is 0 Å². The first-order valence-electron chi connectivity index (χ1n) is 4.42. The Balaban J connectivity index is 2.83. The minimum atomic E-state index is 0.112. The number of hydrogen-bond acceptors (Lipinski definition) is 3. The fraction of sp³-hybridized carbons (Fsp3) is 0.273. The van der Waals surface area contributed by atoms with Crippen LogP contribution in [0.2, 0.25) is 0 Å². The maximum atomic E-state index is 9.46. The van der Waals surface area contributed by atoms with Crippen LogP contribution in [-0.2, 0) is 0 Å². The number of rotatable bonds is 4. The third kappa shape index (κ3) is 2.78. The van der Waals surface area contributed by atoms with Gasteiger partial charge in [-0.25, -0.2) is 0 Å². The Bertz CT molecular complexity index is 318. The van der Waals surface area contributed by atoms with Crippen molar-refractivity contribution < 1.29 is 14.9 Å². The predicted octanol–water partition coefficient (Wildman–Crippen LogP) is 1.80. The van der Waals surface area contributed by atoms with E-state index < -0.39 is 0 Å². The lowest BCUT2D eigenvalue weighted by atomic mass is 10.1. The van der Waals surface area contributed by atoms with Gasteiger partial charge in [0.1, 0.15) is 11.5 Å². The molecule has 0 aliphatic carbocycles. The Morgan fingerprint density at radius 2 is 2.21 bits per heavy atom. The van der Waals surface area contributed by atoms with Crippen molar-refractivity contribution in [2.24, 2.45) is 0 Å². The number of aromatic hydroxyl groups is 1. The Labute approximate surface area is 83.3 Å². The van der Waals surface area contributed by atoms with E-state index in [1.807, 2.05) is 0 Å². The number of methoxy groups -OCH3 is 1. The summed E-state index contributed by atoms with van der Waals surface area (Å²) >= 11 is 0. The van der Waals surface area contributed by atoms with E-state index in [4.69, 9.17) is 9.84 Å². The van der Waals surface area contributed by atoms with E-state index in [-0.39, 0.29) is 12.4 Å². The van der Waals surface area contributed by atoms with Crippen molar-refractivity contribution in [2.75, 3.05) is 13.7 Å². The number of aliphatic hydroxyl groups excluding tert-OH is 1. The average molecular weight is 194 g/mol. The molecule has 1 rings (SSSR count). The van der Waals surface area contributed by atoms with Crippen LogP contribution in [0.3, 0.4) is 0 Å². The van der Waals surface area contributed by atoms with E-state index in [0.29, 0.717) is 17.7 Å². The van der Waals surface area contributed by atoms with E-state index in [0.717, 1.165) is 0 Å². The first kappa shape index (κ1) is 10.6. The maximum Gasteiger partial charge on any atom is 0.123 e. The third-order valence-corrected chi connectivity index (χ3v) is 1.83. The molecule has 0 aliphatic rings. The average Bonchev–Trinajstić information content (AvgIpc) is 2.21. The summed E-state index contributed by atoms with van der Waals surface area (Å²) in [7, 11) is 1.58. The Morgan fingerprint density at radius 3 is 2.86 bits per heavy atom. The Morgan fingerprint density at radius 1 is 1.43 bits per heavy atom. The second-order valence-electron chi connectivity index (χ2n) is 2.84. The molecule has 3 heteroatoms. The van der Waals surface area contributed by atoms with Crippen molar-refractivity contribution in [1.82, 2.24) is 0 Å². The van der Waals surface area contributed by atoms with Gasteiger partial charge in [-0.05, 0) is 24.6 Å². The zero-order chi connectivity index (χ0) is 10.4. The largest absolute Gasteiger partial charge is 0.507 e. The van der Waals surface area contributed by atoms with Gasteiger partial charge < -0.3 is 14.9 Å². The molecule has 1 aromatic carbocycles. The summed E-state index contributed by atoms with van der Waals surface area (Å²) in [6.45, 7) is 0.112. The zero-order valence-corrected chi connectivity index (χ0v) is 8.10. The van der Waals surface area contributed by atoms with Gasteiger partial charge in [0, 0.05) is 12.2 Å². The highest BCUT2D eigenvalue weighted by Crippen LogP contribution is 2.23. The van der Waals surface area contributed by atoms with Gasteiger partial charge >= 0.3 is 0 Å². The molecule has 0 saturated heterocycles. The molecule has 0 aliphatic heterocycles. The van der Waals surface area contributed by atoms with Crippen LogP contribution in [0.5, 0.6) is 11.5 Å². The minimum Gasteiger partial charge on any atom is -0.507 e. The number of ether oxygens (including phenoxy) is 1. The van der Waals surface area contributed by atoms with E-state index in [1.165, 1.54) is 0 Å². The summed E-state index contributed by atoms with van der Waals surface area (Å²) in [4.78, 5) is 0. The molecular formula is C11H14O3. The topological polar surface area (TPSA) is 49.7 Å². The lowest BCUT2D eigenvalue weighted by molar-refractivity contribution is 0.303. The van der Waals surface area contributed by atoms with Crippen molar-refractivity contribution in [3.05, 3.63) is 29.8 Å². The Kier molecular flexibility index (Phi) is 4.01. The number of phenols is 1. The maximum absolute atomic E-state index is 9.46. The van der Waals surface area contributed by atoms with Gasteiger partial charge in [-0.1, -0.05) is 12.2 Å². The zero-order valence-electron chi connectivity index (χ0n) is 8.10. The molecule has 1 aromatic rings. The molecule has 0 fully saturated rings. The summed E-state index contributed by atoms with van der Waals surface area (Å²) in [6.07, 6.45) is 4.14. The van der Waals surface area contributed by atoms with Gasteiger partial charge in [-0.2, -0.15) is 0 Å².